The molecule has 0 spiro atoms. The monoisotopic (exact) mass is 265 g/mol. The van der Waals surface area contributed by atoms with Crippen LogP contribution in [0.1, 0.15) is 21.6 Å². The van der Waals surface area contributed by atoms with E-state index in [2.05, 4.69) is 4.98 Å². The first-order valence-corrected chi connectivity index (χ1v) is 5.57. The fourth-order valence-corrected chi connectivity index (χ4v) is 1.75. The molecular formula is C14H10F3NO. The quantitative estimate of drug-likeness (QED) is 0.797. The molecule has 0 saturated heterocycles. The van der Waals surface area contributed by atoms with Gasteiger partial charge in [0.1, 0.15) is 17.5 Å². The van der Waals surface area contributed by atoms with E-state index in [4.69, 9.17) is 0 Å². The van der Waals surface area contributed by atoms with E-state index in [1.54, 1.807) is 19.1 Å². The summed E-state index contributed by atoms with van der Waals surface area (Å²) >= 11 is 0. The molecule has 0 amide bonds. The Labute approximate surface area is 107 Å². The SMILES string of the molecule is Cc1cccnc1CC(=O)c1c(F)cc(F)cc1F. The van der Waals surface area contributed by atoms with Gasteiger partial charge < -0.3 is 0 Å². The summed E-state index contributed by atoms with van der Waals surface area (Å²) in [6, 6.07) is 4.42. The van der Waals surface area contributed by atoms with Crippen molar-refractivity contribution in [3.8, 4) is 0 Å². The van der Waals surface area contributed by atoms with Crippen LogP contribution in [-0.4, -0.2) is 10.8 Å². The number of Topliss-reactive ketones (excluding diaryl/α,β-unsaturated/α-hetero) is 1. The predicted molar refractivity (Wildman–Crippen MR) is 63.3 cm³/mol. The van der Waals surface area contributed by atoms with Crippen LogP contribution >= 0.6 is 0 Å². The Bertz CT molecular complexity index is 617. The first-order valence-electron chi connectivity index (χ1n) is 5.57. The molecule has 0 aliphatic heterocycles. The molecule has 0 radical (unpaired) electrons. The fourth-order valence-electron chi connectivity index (χ4n) is 1.75. The Morgan fingerprint density at radius 2 is 1.84 bits per heavy atom. The largest absolute Gasteiger partial charge is 0.294 e. The molecule has 0 fully saturated rings. The van der Waals surface area contributed by atoms with Gasteiger partial charge in [0.2, 0.25) is 0 Å². The van der Waals surface area contributed by atoms with Crippen LogP contribution in [0, 0.1) is 24.4 Å². The van der Waals surface area contributed by atoms with Gasteiger partial charge in [-0.15, -0.1) is 0 Å². The van der Waals surface area contributed by atoms with E-state index in [0.29, 0.717) is 17.8 Å². The van der Waals surface area contributed by atoms with Crippen LogP contribution in [0.5, 0.6) is 0 Å². The standard InChI is InChI=1S/C14H10F3NO/c1-8-3-2-4-18-12(8)7-13(19)14-10(16)5-9(15)6-11(14)17/h2-6H,7H2,1H3. The number of hydrogen-bond acceptors (Lipinski definition) is 2. The lowest BCUT2D eigenvalue weighted by Crippen LogP contribution is -2.11. The summed E-state index contributed by atoms with van der Waals surface area (Å²) in [7, 11) is 0. The van der Waals surface area contributed by atoms with Crippen LogP contribution in [-0.2, 0) is 6.42 Å². The minimum Gasteiger partial charge on any atom is -0.294 e. The summed E-state index contributed by atoms with van der Waals surface area (Å²) < 4.78 is 39.6. The van der Waals surface area contributed by atoms with Gasteiger partial charge in [-0.2, -0.15) is 0 Å². The number of pyridine rings is 1. The lowest BCUT2D eigenvalue weighted by Gasteiger charge is -2.06. The Balaban J connectivity index is 2.34. The maximum Gasteiger partial charge on any atom is 0.174 e. The summed E-state index contributed by atoms with van der Waals surface area (Å²) in [6.07, 6.45) is 1.26. The molecule has 0 aliphatic carbocycles. The van der Waals surface area contributed by atoms with Crippen molar-refractivity contribution < 1.29 is 18.0 Å². The first kappa shape index (κ1) is 13.3. The molecule has 0 aliphatic rings. The number of carbonyl (C=O) groups excluding carboxylic acids is 1. The van der Waals surface area contributed by atoms with Gasteiger partial charge in [-0.1, -0.05) is 6.07 Å². The third kappa shape index (κ3) is 2.81. The molecule has 5 heteroatoms. The maximum atomic E-state index is 13.4. The molecule has 0 N–H and O–H groups in total. The van der Waals surface area contributed by atoms with Crippen molar-refractivity contribution in [2.45, 2.75) is 13.3 Å². The van der Waals surface area contributed by atoms with E-state index in [-0.39, 0.29) is 6.42 Å². The third-order valence-electron chi connectivity index (χ3n) is 2.73. The summed E-state index contributed by atoms with van der Waals surface area (Å²) in [6.45, 7) is 1.74. The normalized spacial score (nSPS) is 10.5. The van der Waals surface area contributed by atoms with Crippen LogP contribution < -0.4 is 0 Å². The van der Waals surface area contributed by atoms with Gasteiger partial charge >= 0.3 is 0 Å². The van der Waals surface area contributed by atoms with Crippen molar-refractivity contribution in [1.82, 2.24) is 4.98 Å². The highest BCUT2D eigenvalue weighted by molar-refractivity contribution is 5.97. The smallest absolute Gasteiger partial charge is 0.174 e. The number of aryl methyl sites for hydroxylation is 1. The van der Waals surface area contributed by atoms with E-state index in [1.165, 1.54) is 6.20 Å². The summed E-state index contributed by atoms with van der Waals surface area (Å²) in [5, 5.41) is 0. The number of nitrogens with zero attached hydrogens (tertiary/aromatic N) is 1. The summed E-state index contributed by atoms with van der Waals surface area (Å²) in [4.78, 5) is 15.9. The molecular weight excluding hydrogens is 255 g/mol. The highest BCUT2D eigenvalue weighted by atomic mass is 19.1. The molecule has 2 rings (SSSR count). The number of rotatable bonds is 3. The zero-order valence-corrected chi connectivity index (χ0v) is 10.1. The number of aromatic nitrogens is 1. The van der Waals surface area contributed by atoms with Gasteiger partial charge in [0.05, 0.1) is 17.7 Å². The molecule has 0 atom stereocenters. The highest BCUT2D eigenvalue weighted by Crippen LogP contribution is 2.17. The molecule has 1 heterocycles. The van der Waals surface area contributed by atoms with Crippen LogP contribution in [0.3, 0.4) is 0 Å². The Morgan fingerprint density at radius 3 is 2.42 bits per heavy atom. The van der Waals surface area contributed by atoms with E-state index in [9.17, 15) is 18.0 Å². The number of halogens is 3. The predicted octanol–water partition coefficient (Wildman–Crippen LogP) is 3.23. The second-order valence-corrected chi connectivity index (χ2v) is 4.11. The van der Waals surface area contributed by atoms with Crippen LogP contribution in [0.25, 0.3) is 0 Å². The Hall–Kier alpha value is -2.17. The molecule has 1 aromatic heterocycles. The summed E-state index contributed by atoms with van der Waals surface area (Å²) in [5.41, 5.74) is 0.459. The Kier molecular flexibility index (Phi) is 3.64. The van der Waals surface area contributed by atoms with Gasteiger partial charge in [-0.3, -0.25) is 9.78 Å². The zero-order chi connectivity index (χ0) is 14.0. The number of hydrogen-bond donors (Lipinski definition) is 0. The topological polar surface area (TPSA) is 30.0 Å². The van der Waals surface area contributed by atoms with E-state index < -0.39 is 28.8 Å². The number of carbonyl (C=O) groups is 1. The molecule has 98 valence electrons. The third-order valence-corrected chi connectivity index (χ3v) is 2.73. The van der Waals surface area contributed by atoms with Gasteiger partial charge in [0.15, 0.2) is 5.78 Å². The van der Waals surface area contributed by atoms with Crippen LogP contribution in [0.2, 0.25) is 0 Å². The second kappa shape index (κ2) is 5.22. The molecule has 1 aromatic carbocycles. The average molecular weight is 265 g/mol. The molecule has 0 unspecified atom stereocenters. The number of ketones is 1. The van der Waals surface area contributed by atoms with Gasteiger partial charge in [-0.05, 0) is 18.6 Å². The first-order chi connectivity index (χ1) is 8.99. The van der Waals surface area contributed by atoms with E-state index in [1.807, 2.05) is 0 Å². The maximum absolute atomic E-state index is 13.4. The second-order valence-electron chi connectivity index (χ2n) is 4.11. The van der Waals surface area contributed by atoms with Crippen molar-refractivity contribution in [3.63, 3.8) is 0 Å². The Morgan fingerprint density at radius 1 is 1.21 bits per heavy atom. The van der Waals surface area contributed by atoms with Gasteiger partial charge in [-0.25, -0.2) is 13.2 Å². The minimum atomic E-state index is -1.20. The minimum absolute atomic E-state index is 0.230. The van der Waals surface area contributed by atoms with Crippen molar-refractivity contribution in [3.05, 3.63) is 64.7 Å². The van der Waals surface area contributed by atoms with E-state index in [0.717, 1.165) is 5.56 Å². The molecule has 0 saturated carbocycles. The van der Waals surface area contributed by atoms with Gasteiger partial charge in [0, 0.05) is 18.3 Å². The fraction of sp³-hybridized carbons (Fsp3) is 0.143. The van der Waals surface area contributed by atoms with E-state index >= 15 is 0 Å². The zero-order valence-electron chi connectivity index (χ0n) is 10.1. The molecule has 19 heavy (non-hydrogen) atoms. The van der Waals surface area contributed by atoms with Crippen molar-refractivity contribution >= 4 is 5.78 Å². The lowest BCUT2D eigenvalue weighted by molar-refractivity contribution is 0.0983. The van der Waals surface area contributed by atoms with Crippen LogP contribution in [0.15, 0.2) is 30.5 Å². The molecule has 2 nitrogen and oxygen atoms in total. The van der Waals surface area contributed by atoms with Crippen molar-refractivity contribution in [1.29, 1.82) is 0 Å². The van der Waals surface area contributed by atoms with Crippen molar-refractivity contribution in [2.24, 2.45) is 0 Å². The van der Waals surface area contributed by atoms with Crippen molar-refractivity contribution in [2.75, 3.05) is 0 Å². The average Bonchev–Trinajstić information content (AvgIpc) is 2.30. The lowest BCUT2D eigenvalue weighted by atomic mass is 10.0. The molecule has 2 aromatic rings. The van der Waals surface area contributed by atoms with Gasteiger partial charge in [0.25, 0.3) is 0 Å². The number of benzene rings is 1. The summed E-state index contributed by atoms with van der Waals surface area (Å²) in [5.74, 6) is -4.22. The van der Waals surface area contributed by atoms with Crippen LogP contribution in [0.4, 0.5) is 13.2 Å². The molecule has 0 bridgehead atoms. The highest BCUT2D eigenvalue weighted by Gasteiger charge is 2.20.